The Labute approximate surface area is 185 Å². The van der Waals surface area contributed by atoms with Gasteiger partial charge in [-0.1, -0.05) is 11.6 Å². The van der Waals surface area contributed by atoms with Gasteiger partial charge in [-0.15, -0.1) is 0 Å². The van der Waals surface area contributed by atoms with Crippen LogP contribution in [0.3, 0.4) is 0 Å². The summed E-state index contributed by atoms with van der Waals surface area (Å²) in [6, 6.07) is 11.7. The molecule has 0 spiro atoms. The Kier molecular flexibility index (Phi) is 6.36. The number of amides is 1. The number of nitrogens with zero attached hydrogens (tertiary/aromatic N) is 2. The number of likely N-dealkylation sites (N-methyl/N-ethyl adjacent to an activating group) is 1. The molecule has 0 bridgehead atoms. The number of rotatable bonds is 5. The third kappa shape index (κ3) is 4.27. The minimum absolute atomic E-state index is 0.297. The van der Waals surface area contributed by atoms with Gasteiger partial charge in [0.1, 0.15) is 5.75 Å². The number of aromatic nitrogens is 1. The van der Waals surface area contributed by atoms with E-state index in [2.05, 4.69) is 0 Å². The topological polar surface area (TPSA) is 77.8 Å². The second-order valence-electron chi connectivity index (χ2n) is 7.25. The summed E-state index contributed by atoms with van der Waals surface area (Å²) in [7, 11) is 4.68. The number of esters is 1. The molecule has 1 unspecified atom stereocenters. The number of carbonyl (C=O) groups excluding carboxylic acids is 3. The molecule has 0 aliphatic heterocycles. The van der Waals surface area contributed by atoms with Gasteiger partial charge in [-0.3, -0.25) is 19.0 Å². The predicted molar refractivity (Wildman–Crippen MR) is 118 cm³/mol. The largest absolute Gasteiger partial charge is 0.497 e. The van der Waals surface area contributed by atoms with Crippen LogP contribution in [0.25, 0.3) is 10.9 Å². The van der Waals surface area contributed by atoms with Gasteiger partial charge >= 0.3 is 5.97 Å². The molecular formula is C23H23ClN2O5. The van der Waals surface area contributed by atoms with Crippen molar-refractivity contribution in [3.8, 4) is 5.75 Å². The molecule has 3 aromatic rings. The lowest BCUT2D eigenvalue weighted by Crippen LogP contribution is -2.31. The van der Waals surface area contributed by atoms with Crippen molar-refractivity contribution in [3.63, 3.8) is 0 Å². The van der Waals surface area contributed by atoms with E-state index in [9.17, 15) is 14.4 Å². The molecule has 3 rings (SSSR count). The summed E-state index contributed by atoms with van der Waals surface area (Å²) < 4.78 is 12.3. The minimum Gasteiger partial charge on any atom is -0.497 e. The lowest BCUT2D eigenvalue weighted by Gasteiger charge is -2.21. The maximum absolute atomic E-state index is 13.4. The van der Waals surface area contributed by atoms with Crippen molar-refractivity contribution < 1.29 is 23.9 Å². The van der Waals surface area contributed by atoms with E-state index in [1.807, 2.05) is 0 Å². The van der Waals surface area contributed by atoms with Crippen LogP contribution in [0.4, 0.5) is 0 Å². The van der Waals surface area contributed by atoms with Gasteiger partial charge in [0, 0.05) is 48.2 Å². The Bertz CT molecular complexity index is 1160. The molecule has 0 aliphatic carbocycles. The Morgan fingerprint density at radius 1 is 1.06 bits per heavy atom. The zero-order chi connectivity index (χ0) is 22.9. The molecule has 7 nitrogen and oxygen atoms in total. The van der Waals surface area contributed by atoms with Gasteiger partial charge in [-0.2, -0.15) is 0 Å². The van der Waals surface area contributed by atoms with E-state index in [4.69, 9.17) is 21.1 Å². The molecule has 0 aliphatic rings. The van der Waals surface area contributed by atoms with Crippen LogP contribution in [0.5, 0.6) is 5.75 Å². The second kappa shape index (κ2) is 8.81. The number of hydrogen-bond donors (Lipinski definition) is 0. The van der Waals surface area contributed by atoms with Crippen molar-refractivity contribution in [3.05, 3.63) is 64.3 Å². The van der Waals surface area contributed by atoms with E-state index < -0.39 is 18.0 Å². The van der Waals surface area contributed by atoms with Crippen LogP contribution in [-0.2, 0) is 14.3 Å². The Morgan fingerprint density at radius 3 is 2.26 bits per heavy atom. The summed E-state index contributed by atoms with van der Waals surface area (Å²) >= 11 is 5.96. The molecule has 2 aromatic carbocycles. The SMILES string of the molecule is COc1ccc2c(c1)c(C(OC(C)=O)C(=O)N(C)C)c(C)n2C(=O)c1ccc(Cl)cc1. The van der Waals surface area contributed by atoms with Gasteiger partial charge < -0.3 is 14.4 Å². The number of carbonyl (C=O) groups is 3. The Balaban J connectivity index is 2.31. The maximum atomic E-state index is 13.4. The highest BCUT2D eigenvalue weighted by Crippen LogP contribution is 2.36. The van der Waals surface area contributed by atoms with Crippen molar-refractivity contribution in [2.24, 2.45) is 0 Å². The highest BCUT2D eigenvalue weighted by Gasteiger charge is 2.33. The number of benzene rings is 2. The molecule has 1 atom stereocenters. The highest BCUT2D eigenvalue weighted by atomic mass is 35.5. The van der Waals surface area contributed by atoms with Crippen molar-refractivity contribution in [2.45, 2.75) is 20.0 Å². The molecule has 8 heteroatoms. The third-order valence-corrected chi connectivity index (χ3v) is 5.22. The number of ether oxygens (including phenoxy) is 2. The first kappa shape index (κ1) is 22.4. The summed E-state index contributed by atoms with van der Waals surface area (Å²) in [5.74, 6) is -0.773. The smallest absolute Gasteiger partial charge is 0.303 e. The highest BCUT2D eigenvalue weighted by molar-refractivity contribution is 6.30. The molecule has 1 amide bonds. The number of hydrogen-bond acceptors (Lipinski definition) is 5. The third-order valence-electron chi connectivity index (χ3n) is 4.97. The fraction of sp³-hybridized carbons (Fsp3) is 0.261. The summed E-state index contributed by atoms with van der Waals surface area (Å²) in [5, 5.41) is 1.10. The number of methoxy groups -OCH3 is 1. The molecule has 31 heavy (non-hydrogen) atoms. The van der Waals surface area contributed by atoms with Crippen molar-refractivity contribution in [1.82, 2.24) is 9.47 Å². The molecule has 1 heterocycles. The Morgan fingerprint density at radius 2 is 1.71 bits per heavy atom. The van der Waals surface area contributed by atoms with E-state index in [-0.39, 0.29) is 5.91 Å². The van der Waals surface area contributed by atoms with E-state index in [1.165, 1.54) is 23.5 Å². The monoisotopic (exact) mass is 442 g/mol. The quantitative estimate of drug-likeness (QED) is 0.558. The van der Waals surface area contributed by atoms with E-state index in [0.717, 1.165) is 0 Å². The lowest BCUT2D eigenvalue weighted by atomic mass is 10.0. The first-order chi connectivity index (χ1) is 14.6. The van der Waals surface area contributed by atoms with Crippen LogP contribution < -0.4 is 4.74 Å². The van der Waals surface area contributed by atoms with Gasteiger partial charge in [0.15, 0.2) is 0 Å². The molecule has 1 aromatic heterocycles. The average molecular weight is 443 g/mol. The number of halogens is 1. The normalized spacial score (nSPS) is 11.8. The van der Waals surface area contributed by atoms with Crippen molar-refractivity contribution in [2.75, 3.05) is 21.2 Å². The molecule has 0 fully saturated rings. The van der Waals surface area contributed by atoms with Crippen molar-refractivity contribution >= 4 is 40.3 Å². The van der Waals surface area contributed by atoms with Crippen molar-refractivity contribution in [1.29, 1.82) is 0 Å². The second-order valence-corrected chi connectivity index (χ2v) is 7.69. The Hall–Kier alpha value is -3.32. The van der Waals surface area contributed by atoms with Crippen LogP contribution in [0.2, 0.25) is 5.02 Å². The summed E-state index contributed by atoms with van der Waals surface area (Å²) in [6.07, 6.45) is -1.21. The average Bonchev–Trinajstić information content (AvgIpc) is 3.02. The first-order valence-corrected chi connectivity index (χ1v) is 9.91. The minimum atomic E-state index is -1.21. The first-order valence-electron chi connectivity index (χ1n) is 9.53. The van der Waals surface area contributed by atoms with E-state index in [1.54, 1.807) is 63.5 Å². The van der Waals surface area contributed by atoms with Crippen LogP contribution in [-0.4, -0.2) is 48.5 Å². The zero-order valence-corrected chi connectivity index (χ0v) is 18.7. The standard InChI is InChI=1S/C23H23ClN2O5/c1-13-20(21(31-14(2)27)23(29)25(3)4)18-12-17(30-5)10-11-19(18)26(13)22(28)15-6-8-16(24)9-7-15/h6-12,21H,1-5H3. The molecule has 0 N–H and O–H groups in total. The van der Waals surface area contributed by atoms with Gasteiger partial charge in [0.2, 0.25) is 6.10 Å². The van der Waals surface area contributed by atoms with Gasteiger partial charge in [-0.25, -0.2) is 0 Å². The van der Waals surface area contributed by atoms with Crippen LogP contribution in [0.1, 0.15) is 34.6 Å². The molecular weight excluding hydrogens is 420 g/mol. The number of fused-ring (bicyclic) bond motifs is 1. The zero-order valence-electron chi connectivity index (χ0n) is 17.9. The van der Waals surface area contributed by atoms with Crippen LogP contribution in [0.15, 0.2) is 42.5 Å². The van der Waals surface area contributed by atoms with E-state index >= 15 is 0 Å². The van der Waals surface area contributed by atoms with Gasteiger partial charge in [0.25, 0.3) is 11.8 Å². The summed E-state index contributed by atoms with van der Waals surface area (Å²) in [5.41, 5.74) is 1.92. The van der Waals surface area contributed by atoms with Crippen LogP contribution >= 0.6 is 11.6 Å². The maximum Gasteiger partial charge on any atom is 0.303 e. The molecule has 162 valence electrons. The fourth-order valence-corrected chi connectivity index (χ4v) is 3.62. The molecule has 0 radical (unpaired) electrons. The van der Waals surface area contributed by atoms with Crippen LogP contribution in [0, 0.1) is 6.92 Å². The van der Waals surface area contributed by atoms with Gasteiger partial charge in [0.05, 0.1) is 12.6 Å². The molecule has 0 saturated heterocycles. The summed E-state index contributed by atoms with van der Waals surface area (Å²) in [4.78, 5) is 39.5. The van der Waals surface area contributed by atoms with E-state index in [0.29, 0.717) is 38.5 Å². The lowest BCUT2D eigenvalue weighted by molar-refractivity contribution is -0.157. The summed E-state index contributed by atoms with van der Waals surface area (Å²) in [6.45, 7) is 2.96. The predicted octanol–water partition coefficient (Wildman–Crippen LogP) is 3.99. The molecule has 0 saturated carbocycles. The fourth-order valence-electron chi connectivity index (χ4n) is 3.50. The van der Waals surface area contributed by atoms with Gasteiger partial charge in [-0.05, 0) is 49.4 Å².